The van der Waals surface area contributed by atoms with E-state index in [1.807, 2.05) is 48.5 Å². The highest BCUT2D eigenvalue weighted by Gasteiger charge is 2.46. The Morgan fingerprint density at radius 1 is 1.10 bits per heavy atom. The smallest absolute Gasteiger partial charge is 0.410 e. The van der Waals surface area contributed by atoms with Crippen LogP contribution in [0.1, 0.15) is 30.9 Å². The van der Waals surface area contributed by atoms with Gasteiger partial charge in [-0.05, 0) is 43.0 Å². The molecule has 29 heavy (non-hydrogen) atoms. The molecular weight excluding hydrogens is 372 g/mol. The van der Waals surface area contributed by atoms with Gasteiger partial charge in [0.2, 0.25) is 12.7 Å². The molecular formula is C22H24N2O5. The van der Waals surface area contributed by atoms with E-state index in [0.717, 1.165) is 17.5 Å². The third-order valence-electron chi connectivity index (χ3n) is 5.45. The summed E-state index contributed by atoms with van der Waals surface area (Å²) in [7, 11) is 0. The Morgan fingerprint density at radius 2 is 1.90 bits per heavy atom. The topological polar surface area (TPSA) is 77.1 Å². The van der Waals surface area contributed by atoms with Crippen molar-refractivity contribution in [2.45, 2.75) is 38.5 Å². The third-order valence-corrected chi connectivity index (χ3v) is 5.45. The lowest BCUT2D eigenvalue weighted by Crippen LogP contribution is -2.55. The number of benzene rings is 2. The number of nitrogens with zero attached hydrogens (tertiary/aromatic N) is 1. The summed E-state index contributed by atoms with van der Waals surface area (Å²) in [5, 5.41) is 2.95. The summed E-state index contributed by atoms with van der Waals surface area (Å²) in [5.74, 6) is 1.19. The van der Waals surface area contributed by atoms with Crippen molar-refractivity contribution in [2.75, 3.05) is 13.3 Å². The van der Waals surface area contributed by atoms with E-state index in [0.29, 0.717) is 31.0 Å². The van der Waals surface area contributed by atoms with Gasteiger partial charge in [0.25, 0.3) is 0 Å². The van der Waals surface area contributed by atoms with Crippen molar-refractivity contribution < 1.29 is 23.8 Å². The molecule has 0 aromatic heterocycles. The molecule has 4 rings (SSSR count). The van der Waals surface area contributed by atoms with Gasteiger partial charge in [-0.3, -0.25) is 9.69 Å². The largest absolute Gasteiger partial charge is 0.454 e. The minimum atomic E-state index is -0.926. The lowest BCUT2D eigenvalue weighted by Gasteiger charge is -2.33. The lowest BCUT2D eigenvalue weighted by atomic mass is 9.98. The number of nitrogens with one attached hydrogen (secondary N) is 1. The highest BCUT2D eigenvalue weighted by molar-refractivity contribution is 5.90. The van der Waals surface area contributed by atoms with Gasteiger partial charge in [-0.25, -0.2) is 4.79 Å². The van der Waals surface area contributed by atoms with Crippen molar-refractivity contribution in [3.05, 3.63) is 59.7 Å². The van der Waals surface area contributed by atoms with Crippen LogP contribution in [0.2, 0.25) is 0 Å². The van der Waals surface area contributed by atoms with Crippen LogP contribution in [0.4, 0.5) is 4.79 Å². The van der Waals surface area contributed by atoms with E-state index in [2.05, 4.69) is 5.32 Å². The fraction of sp³-hybridized carbons (Fsp3) is 0.364. The maximum absolute atomic E-state index is 12.9. The van der Waals surface area contributed by atoms with Gasteiger partial charge in [0, 0.05) is 13.1 Å². The molecule has 2 aliphatic rings. The third kappa shape index (κ3) is 3.99. The average molecular weight is 396 g/mol. The SMILES string of the molecule is CC1(C(=O)NCc2ccc3c(c2)OCO3)CCCN1C(=O)OCc1ccccc1. The van der Waals surface area contributed by atoms with Crippen LogP contribution in [0.15, 0.2) is 48.5 Å². The van der Waals surface area contributed by atoms with E-state index < -0.39 is 11.6 Å². The summed E-state index contributed by atoms with van der Waals surface area (Å²) in [6.45, 7) is 3.03. The number of likely N-dealkylation sites (tertiary alicyclic amines) is 1. The number of fused-ring (bicyclic) bond motifs is 1. The Bertz CT molecular complexity index is 901. The second-order valence-electron chi connectivity index (χ2n) is 7.44. The van der Waals surface area contributed by atoms with Crippen molar-refractivity contribution in [1.29, 1.82) is 0 Å². The van der Waals surface area contributed by atoms with Gasteiger partial charge in [0.15, 0.2) is 11.5 Å². The molecule has 1 saturated heterocycles. The molecule has 2 heterocycles. The monoisotopic (exact) mass is 396 g/mol. The molecule has 0 bridgehead atoms. The molecule has 152 valence electrons. The maximum Gasteiger partial charge on any atom is 0.410 e. The molecule has 2 aliphatic heterocycles. The molecule has 0 spiro atoms. The summed E-state index contributed by atoms with van der Waals surface area (Å²) in [4.78, 5) is 27.1. The van der Waals surface area contributed by atoms with E-state index in [1.165, 1.54) is 4.90 Å². The predicted molar refractivity (Wildman–Crippen MR) is 105 cm³/mol. The van der Waals surface area contributed by atoms with Crippen LogP contribution >= 0.6 is 0 Å². The molecule has 7 heteroatoms. The summed E-state index contributed by atoms with van der Waals surface area (Å²) in [5.41, 5.74) is 0.890. The zero-order valence-corrected chi connectivity index (χ0v) is 16.3. The molecule has 0 saturated carbocycles. The minimum absolute atomic E-state index is 0.186. The number of carbonyl (C=O) groups excluding carboxylic acids is 2. The normalized spacial score (nSPS) is 19.8. The Balaban J connectivity index is 1.36. The van der Waals surface area contributed by atoms with E-state index >= 15 is 0 Å². The van der Waals surface area contributed by atoms with Crippen LogP contribution in [0.5, 0.6) is 11.5 Å². The molecule has 2 aromatic rings. The Hall–Kier alpha value is -3.22. The Morgan fingerprint density at radius 3 is 2.72 bits per heavy atom. The van der Waals surface area contributed by atoms with Gasteiger partial charge in [-0.2, -0.15) is 0 Å². The number of carbonyl (C=O) groups is 2. The molecule has 2 aromatic carbocycles. The molecule has 1 unspecified atom stereocenters. The van der Waals surface area contributed by atoms with Crippen LogP contribution in [-0.2, 0) is 22.7 Å². The van der Waals surface area contributed by atoms with E-state index in [1.54, 1.807) is 6.92 Å². The van der Waals surface area contributed by atoms with E-state index in [-0.39, 0.29) is 19.3 Å². The highest BCUT2D eigenvalue weighted by atomic mass is 16.7. The zero-order chi connectivity index (χ0) is 20.3. The number of hydrogen-bond acceptors (Lipinski definition) is 5. The summed E-state index contributed by atoms with van der Waals surface area (Å²) >= 11 is 0. The molecule has 2 amide bonds. The molecule has 1 atom stereocenters. The zero-order valence-electron chi connectivity index (χ0n) is 16.3. The van der Waals surface area contributed by atoms with Crippen molar-refractivity contribution in [3.63, 3.8) is 0 Å². The van der Waals surface area contributed by atoms with E-state index in [9.17, 15) is 9.59 Å². The van der Waals surface area contributed by atoms with Crippen LogP contribution < -0.4 is 14.8 Å². The van der Waals surface area contributed by atoms with Crippen molar-refractivity contribution >= 4 is 12.0 Å². The van der Waals surface area contributed by atoms with Crippen LogP contribution in [0.3, 0.4) is 0 Å². The number of ether oxygens (including phenoxy) is 3. The van der Waals surface area contributed by atoms with Crippen molar-refractivity contribution in [3.8, 4) is 11.5 Å². The summed E-state index contributed by atoms with van der Waals surface area (Å²) < 4.78 is 16.1. The van der Waals surface area contributed by atoms with Crippen LogP contribution in [-0.4, -0.2) is 35.8 Å². The molecule has 7 nitrogen and oxygen atoms in total. The van der Waals surface area contributed by atoms with Crippen molar-refractivity contribution in [1.82, 2.24) is 10.2 Å². The fourth-order valence-electron chi connectivity index (χ4n) is 3.71. The maximum atomic E-state index is 12.9. The first kappa shape index (κ1) is 19.1. The van der Waals surface area contributed by atoms with Gasteiger partial charge in [0.1, 0.15) is 12.1 Å². The number of hydrogen-bond donors (Lipinski definition) is 1. The van der Waals surface area contributed by atoms with Crippen molar-refractivity contribution in [2.24, 2.45) is 0 Å². The van der Waals surface area contributed by atoms with Gasteiger partial charge in [-0.15, -0.1) is 0 Å². The lowest BCUT2D eigenvalue weighted by molar-refractivity contribution is -0.130. The molecule has 0 aliphatic carbocycles. The summed E-state index contributed by atoms with van der Waals surface area (Å²) in [6.07, 6.45) is 0.890. The molecule has 1 N–H and O–H groups in total. The Labute approximate surface area is 169 Å². The van der Waals surface area contributed by atoms with Gasteiger partial charge < -0.3 is 19.5 Å². The second-order valence-corrected chi connectivity index (χ2v) is 7.44. The summed E-state index contributed by atoms with van der Waals surface area (Å²) in [6, 6.07) is 15.1. The van der Waals surface area contributed by atoms with E-state index in [4.69, 9.17) is 14.2 Å². The number of rotatable bonds is 5. The Kier molecular flexibility index (Phi) is 5.29. The van der Waals surface area contributed by atoms with Gasteiger partial charge >= 0.3 is 6.09 Å². The predicted octanol–water partition coefficient (Wildman–Crippen LogP) is 3.22. The molecule has 1 fully saturated rings. The average Bonchev–Trinajstić information content (AvgIpc) is 3.37. The fourth-order valence-corrected chi connectivity index (χ4v) is 3.71. The van der Waals surface area contributed by atoms with Crippen LogP contribution in [0.25, 0.3) is 0 Å². The number of amides is 2. The van der Waals surface area contributed by atoms with Gasteiger partial charge in [0.05, 0.1) is 0 Å². The second kappa shape index (κ2) is 8.03. The molecule has 0 radical (unpaired) electrons. The first-order chi connectivity index (χ1) is 14.1. The standard InChI is InChI=1S/C22H24N2O5/c1-22(20(25)23-13-17-8-9-18-19(12-17)29-15-28-18)10-5-11-24(22)21(26)27-14-16-6-3-2-4-7-16/h2-4,6-9,12H,5,10-11,13-15H2,1H3,(H,23,25). The van der Waals surface area contributed by atoms with Crippen LogP contribution in [0, 0.1) is 0 Å². The van der Waals surface area contributed by atoms with Gasteiger partial charge in [-0.1, -0.05) is 36.4 Å². The first-order valence-corrected chi connectivity index (χ1v) is 9.71. The quantitative estimate of drug-likeness (QED) is 0.840. The highest BCUT2D eigenvalue weighted by Crippen LogP contribution is 2.33. The first-order valence-electron chi connectivity index (χ1n) is 9.71. The minimum Gasteiger partial charge on any atom is -0.454 e.